The molecule has 0 atom stereocenters. The van der Waals surface area contributed by atoms with E-state index in [1.165, 1.54) is 0 Å². The number of nitrogens with one attached hydrogen (secondary N) is 1. The van der Waals surface area contributed by atoms with Crippen molar-refractivity contribution in [2.45, 2.75) is 13.3 Å². The summed E-state index contributed by atoms with van der Waals surface area (Å²) in [5.74, 6) is -0.237. The molecule has 4 heteroatoms. The number of hydrogen-bond donors (Lipinski definition) is 2. The number of amides is 1. The first-order chi connectivity index (χ1) is 9.61. The van der Waals surface area contributed by atoms with E-state index in [9.17, 15) is 4.79 Å². The largest absolute Gasteiger partial charge is 0.398 e. The Morgan fingerprint density at radius 2 is 1.95 bits per heavy atom. The number of anilines is 2. The van der Waals surface area contributed by atoms with E-state index in [1.54, 1.807) is 24.3 Å². The van der Waals surface area contributed by atoms with E-state index in [0.717, 1.165) is 11.1 Å². The first-order valence-electron chi connectivity index (χ1n) is 6.24. The van der Waals surface area contributed by atoms with Gasteiger partial charge in [0.2, 0.25) is 0 Å². The van der Waals surface area contributed by atoms with Gasteiger partial charge in [-0.1, -0.05) is 24.3 Å². The Bertz CT molecular complexity index is 669. The van der Waals surface area contributed by atoms with Gasteiger partial charge in [0.15, 0.2) is 0 Å². The predicted molar refractivity (Wildman–Crippen MR) is 79.3 cm³/mol. The Kier molecular flexibility index (Phi) is 4.02. The number of rotatable bonds is 3. The summed E-state index contributed by atoms with van der Waals surface area (Å²) in [4.78, 5) is 12.2. The molecule has 0 radical (unpaired) electrons. The number of benzene rings is 2. The average molecular weight is 265 g/mol. The summed E-state index contributed by atoms with van der Waals surface area (Å²) in [6.45, 7) is 1.86. The Labute approximate surface area is 117 Å². The Hall–Kier alpha value is -2.80. The fraction of sp³-hybridized carbons (Fsp3) is 0.125. The lowest BCUT2D eigenvalue weighted by molar-refractivity contribution is 0.102. The number of hydrogen-bond acceptors (Lipinski definition) is 3. The molecule has 0 aliphatic carbocycles. The number of carbonyl (C=O) groups excluding carboxylic acids is 1. The summed E-state index contributed by atoms with van der Waals surface area (Å²) in [6.07, 6.45) is 0.360. The van der Waals surface area contributed by atoms with Gasteiger partial charge >= 0.3 is 0 Å². The van der Waals surface area contributed by atoms with Gasteiger partial charge in [-0.25, -0.2) is 0 Å². The van der Waals surface area contributed by atoms with Crippen molar-refractivity contribution < 1.29 is 4.79 Å². The van der Waals surface area contributed by atoms with Gasteiger partial charge in [-0.15, -0.1) is 0 Å². The summed E-state index contributed by atoms with van der Waals surface area (Å²) >= 11 is 0. The number of para-hydroxylation sites is 1. The molecule has 3 N–H and O–H groups in total. The van der Waals surface area contributed by atoms with Crippen molar-refractivity contribution in [3.8, 4) is 6.07 Å². The molecular weight excluding hydrogens is 250 g/mol. The van der Waals surface area contributed by atoms with Crippen LogP contribution in [0.3, 0.4) is 0 Å². The number of nitrogens with two attached hydrogens (primary N) is 1. The standard InChI is InChI=1S/C16H15N3O/c1-11-3-2-4-14(15(11)18)16(20)19-13-7-5-12(6-8-13)9-10-17/h2-8H,9,18H2,1H3,(H,19,20). The summed E-state index contributed by atoms with van der Waals surface area (Å²) in [6, 6.07) is 14.6. The molecule has 2 rings (SSSR count). The van der Waals surface area contributed by atoms with Crippen molar-refractivity contribution in [2.75, 3.05) is 11.1 Å². The first kappa shape index (κ1) is 13.6. The Morgan fingerprint density at radius 3 is 2.60 bits per heavy atom. The molecule has 0 aliphatic rings. The van der Waals surface area contributed by atoms with Crippen molar-refractivity contribution in [2.24, 2.45) is 0 Å². The van der Waals surface area contributed by atoms with Crippen LogP contribution in [0.25, 0.3) is 0 Å². The van der Waals surface area contributed by atoms with Crippen LogP contribution in [0.5, 0.6) is 0 Å². The van der Waals surface area contributed by atoms with Crippen molar-refractivity contribution >= 4 is 17.3 Å². The Morgan fingerprint density at radius 1 is 1.25 bits per heavy atom. The third-order valence-electron chi connectivity index (χ3n) is 3.06. The van der Waals surface area contributed by atoms with Crippen molar-refractivity contribution in [1.29, 1.82) is 5.26 Å². The van der Waals surface area contributed by atoms with Crippen LogP contribution in [0.2, 0.25) is 0 Å². The summed E-state index contributed by atoms with van der Waals surface area (Å²) < 4.78 is 0. The van der Waals surface area contributed by atoms with Crippen LogP contribution in [0.15, 0.2) is 42.5 Å². The smallest absolute Gasteiger partial charge is 0.257 e. The molecule has 0 saturated carbocycles. The minimum Gasteiger partial charge on any atom is -0.398 e. The van der Waals surface area contributed by atoms with E-state index in [4.69, 9.17) is 11.0 Å². The van der Waals surface area contributed by atoms with Crippen LogP contribution in [0, 0.1) is 18.3 Å². The van der Waals surface area contributed by atoms with Gasteiger partial charge in [0.25, 0.3) is 5.91 Å². The zero-order valence-electron chi connectivity index (χ0n) is 11.2. The Balaban J connectivity index is 2.15. The second-order valence-corrected chi connectivity index (χ2v) is 4.52. The number of aryl methyl sites for hydroxylation is 1. The quantitative estimate of drug-likeness (QED) is 0.837. The third-order valence-corrected chi connectivity index (χ3v) is 3.06. The molecule has 0 aromatic heterocycles. The van der Waals surface area contributed by atoms with Crippen LogP contribution in [0.1, 0.15) is 21.5 Å². The molecule has 0 bridgehead atoms. The highest BCUT2D eigenvalue weighted by Gasteiger charge is 2.10. The molecule has 2 aromatic rings. The van der Waals surface area contributed by atoms with Crippen LogP contribution >= 0.6 is 0 Å². The highest BCUT2D eigenvalue weighted by atomic mass is 16.1. The van der Waals surface area contributed by atoms with Crippen LogP contribution in [-0.2, 0) is 6.42 Å². The van der Waals surface area contributed by atoms with Crippen molar-refractivity contribution in [1.82, 2.24) is 0 Å². The molecule has 2 aromatic carbocycles. The van der Waals surface area contributed by atoms with Gasteiger partial charge in [-0.2, -0.15) is 5.26 Å². The van der Waals surface area contributed by atoms with E-state index >= 15 is 0 Å². The van der Waals surface area contributed by atoms with E-state index in [1.807, 2.05) is 25.1 Å². The van der Waals surface area contributed by atoms with Gasteiger partial charge in [0.05, 0.1) is 18.1 Å². The highest BCUT2D eigenvalue weighted by Crippen LogP contribution is 2.18. The van der Waals surface area contributed by atoms with Crippen molar-refractivity contribution in [3.05, 3.63) is 59.2 Å². The lowest BCUT2D eigenvalue weighted by Gasteiger charge is -2.09. The molecule has 0 heterocycles. The van der Waals surface area contributed by atoms with Gasteiger partial charge in [0.1, 0.15) is 0 Å². The van der Waals surface area contributed by atoms with Gasteiger partial charge in [-0.3, -0.25) is 4.79 Å². The average Bonchev–Trinajstić information content (AvgIpc) is 2.44. The highest BCUT2D eigenvalue weighted by molar-refractivity contribution is 6.08. The molecule has 0 unspecified atom stereocenters. The minimum atomic E-state index is -0.237. The lowest BCUT2D eigenvalue weighted by Crippen LogP contribution is -2.14. The first-order valence-corrected chi connectivity index (χ1v) is 6.24. The van der Waals surface area contributed by atoms with Crippen LogP contribution < -0.4 is 11.1 Å². The molecule has 0 saturated heterocycles. The molecule has 0 aliphatic heterocycles. The van der Waals surface area contributed by atoms with Crippen molar-refractivity contribution in [3.63, 3.8) is 0 Å². The topological polar surface area (TPSA) is 78.9 Å². The van der Waals surface area contributed by atoms with Gasteiger partial charge < -0.3 is 11.1 Å². The molecule has 4 nitrogen and oxygen atoms in total. The monoisotopic (exact) mass is 265 g/mol. The number of carbonyl (C=O) groups is 1. The molecular formula is C16H15N3O. The fourth-order valence-electron chi connectivity index (χ4n) is 1.87. The molecule has 20 heavy (non-hydrogen) atoms. The predicted octanol–water partition coefficient (Wildman–Crippen LogP) is 2.90. The number of nitrogens with zero attached hydrogens (tertiary/aromatic N) is 1. The summed E-state index contributed by atoms with van der Waals surface area (Å²) in [5, 5.41) is 11.4. The molecule has 1 amide bonds. The van der Waals surface area contributed by atoms with E-state index in [2.05, 4.69) is 11.4 Å². The third kappa shape index (κ3) is 2.96. The fourth-order valence-corrected chi connectivity index (χ4v) is 1.87. The lowest BCUT2D eigenvalue weighted by atomic mass is 10.1. The minimum absolute atomic E-state index is 0.237. The summed E-state index contributed by atoms with van der Waals surface area (Å²) in [5.41, 5.74) is 9.33. The molecule has 100 valence electrons. The van der Waals surface area contributed by atoms with E-state index in [0.29, 0.717) is 23.4 Å². The van der Waals surface area contributed by atoms with Gasteiger partial charge in [-0.05, 0) is 36.2 Å². The maximum Gasteiger partial charge on any atom is 0.257 e. The van der Waals surface area contributed by atoms with Crippen LogP contribution in [0.4, 0.5) is 11.4 Å². The van der Waals surface area contributed by atoms with E-state index in [-0.39, 0.29) is 5.91 Å². The second-order valence-electron chi connectivity index (χ2n) is 4.52. The molecule has 0 fully saturated rings. The number of nitrogen functional groups attached to an aromatic ring is 1. The SMILES string of the molecule is Cc1cccc(C(=O)Nc2ccc(CC#N)cc2)c1N. The number of nitriles is 1. The molecule has 0 spiro atoms. The maximum absolute atomic E-state index is 12.2. The van der Waals surface area contributed by atoms with Gasteiger partial charge in [0, 0.05) is 11.4 Å². The maximum atomic E-state index is 12.2. The second kappa shape index (κ2) is 5.89. The summed E-state index contributed by atoms with van der Waals surface area (Å²) in [7, 11) is 0. The zero-order chi connectivity index (χ0) is 14.5. The zero-order valence-corrected chi connectivity index (χ0v) is 11.2. The van der Waals surface area contributed by atoms with Crippen LogP contribution in [-0.4, -0.2) is 5.91 Å². The normalized spacial score (nSPS) is 9.80. The van der Waals surface area contributed by atoms with E-state index < -0.39 is 0 Å².